The Kier molecular flexibility index (Phi) is 37.6. The first kappa shape index (κ1) is 87.1. The maximum absolute atomic E-state index is 14.9. The predicted molar refractivity (Wildman–Crippen MR) is 398 cm³/mol. The van der Waals surface area contributed by atoms with Crippen LogP contribution < -0.4 is 43.4 Å². The Morgan fingerprint density at radius 3 is 1.79 bits per heavy atom. The third-order valence-electron chi connectivity index (χ3n) is 18.3. The van der Waals surface area contributed by atoms with Crippen LogP contribution in [0.5, 0.6) is 0 Å². The Balaban J connectivity index is 1.31. The van der Waals surface area contributed by atoms with Gasteiger partial charge in [0.15, 0.2) is 0 Å². The number of fused-ring (bicyclic) bond motifs is 4. The molecule has 2 bridgehead atoms. The predicted octanol–water partition coefficient (Wildman–Crippen LogP) is -1.87. The summed E-state index contributed by atoms with van der Waals surface area (Å²) in [4.78, 5) is 188. The molecule has 8 atom stereocenters. The van der Waals surface area contributed by atoms with Gasteiger partial charge in [0.25, 0.3) is 5.91 Å². The second-order valence-corrected chi connectivity index (χ2v) is 30.0. The summed E-state index contributed by atoms with van der Waals surface area (Å²) >= 11 is 4.11. The number of hydrogen-bond acceptors (Lipinski definition) is 23. The van der Waals surface area contributed by atoms with Gasteiger partial charge in [0.2, 0.25) is 53.2 Å². The summed E-state index contributed by atoms with van der Waals surface area (Å²) in [6, 6.07) is 6.49. The van der Waals surface area contributed by atoms with Gasteiger partial charge in [-0.15, -0.1) is 0 Å². The number of carboxylic acid groups (broad SMARTS) is 3. The van der Waals surface area contributed by atoms with E-state index in [0.29, 0.717) is 48.5 Å². The van der Waals surface area contributed by atoms with Crippen molar-refractivity contribution in [1.82, 2.24) is 61.3 Å². The molecule has 106 heavy (non-hydrogen) atoms. The summed E-state index contributed by atoms with van der Waals surface area (Å²) in [6.07, 6.45) is -0.526. The lowest BCUT2D eigenvalue weighted by molar-refractivity contribution is -0.141. The first-order chi connectivity index (χ1) is 50.7. The molecule has 4 aliphatic rings. The van der Waals surface area contributed by atoms with Crippen molar-refractivity contribution in [2.75, 3.05) is 122 Å². The third kappa shape index (κ3) is 30.8. The molecule has 33 nitrogen and oxygen atoms in total. The number of carbonyl (C=O) groups excluding carboxylic acids is 10. The molecule has 4 heterocycles. The first-order valence-electron chi connectivity index (χ1n) is 36.0. The average molecular weight is 1540 g/mol. The molecule has 36 heteroatoms. The van der Waals surface area contributed by atoms with Crippen LogP contribution in [0.4, 0.5) is 0 Å². The number of carbonyl (C=O) groups is 13. The summed E-state index contributed by atoms with van der Waals surface area (Å²) in [7, 11) is 0. The van der Waals surface area contributed by atoms with E-state index in [4.69, 9.17) is 11.5 Å². The Morgan fingerprint density at radius 1 is 0.632 bits per heavy atom. The number of nitrogens with one attached hydrogen (secondary N) is 6. The van der Waals surface area contributed by atoms with Gasteiger partial charge in [-0.05, 0) is 67.7 Å². The van der Waals surface area contributed by atoms with Crippen molar-refractivity contribution in [1.29, 1.82) is 0 Å². The summed E-state index contributed by atoms with van der Waals surface area (Å²) in [5.74, 6) is -9.12. The van der Waals surface area contributed by atoms with Crippen molar-refractivity contribution in [2.45, 2.75) is 157 Å². The smallest absolute Gasteiger partial charge is 0.317 e. The maximum atomic E-state index is 14.9. The molecule has 0 aliphatic carbocycles. The summed E-state index contributed by atoms with van der Waals surface area (Å²) in [5.41, 5.74) is 14.0. The van der Waals surface area contributed by atoms with E-state index in [1.807, 2.05) is 30.0 Å². The molecule has 6 rings (SSSR count). The highest BCUT2D eigenvalue weighted by Gasteiger charge is 2.45. The number of nitrogens with zero attached hydrogens (tertiary/aromatic N) is 7. The number of thioether (sulfide) groups is 3. The number of aliphatic imine (C=N–C) groups is 1. The minimum Gasteiger partial charge on any atom is -0.480 e. The van der Waals surface area contributed by atoms with Gasteiger partial charge in [0.1, 0.15) is 36.1 Å². The molecule has 10 amide bonds. The molecule has 0 aromatic heterocycles. The van der Waals surface area contributed by atoms with E-state index in [-0.39, 0.29) is 159 Å². The van der Waals surface area contributed by atoms with Crippen molar-refractivity contribution in [3.8, 4) is 0 Å². The van der Waals surface area contributed by atoms with Crippen LogP contribution >= 0.6 is 35.3 Å². The standard InChI is InChI=1S/C70H105N15O18S3/c1-3-4-6-15-58(89)75-53-44-106-42-49-33-47(40-104-31-20-73-59(90)36-80-23-25-81(37-60(91)92)27-29-83(39-62(95)96)30-28-82(26-24-80)38-61(93)94)32-48(34-49)41-105-43-52(64(97)74-19-18-57(72)88)78-66(99)51(35-46-11-7-5-8-12-46)77-65(98)50(16-17-56(71)87)76-68(101)63(45(2)86)79-67(100)54-13-9-21-84(54)70(103)55-14-10-22-85(55)69(53)102/h5,7-8,11-12,32-34,45,50-52,54-55,63,70,86,103H,3-4,6,9-10,13-31,35-44H2,1-2H3,(H2,71,87)(H2,72,88)(H,73,90)(H,74,97)(H,76,101)(H,77,98)(H,78,99)(H,79,100)(H,91,92)(H,93,94)(H,95,96)/t45-,50+,51+,52+,54+,55+,63+,70?/m1/s1. The molecule has 0 spiro atoms. The molecule has 2 aromatic rings. The average Bonchev–Trinajstić information content (AvgIpc) is 1.64. The van der Waals surface area contributed by atoms with Crippen molar-refractivity contribution >= 4 is 118 Å². The number of benzene rings is 2. The van der Waals surface area contributed by atoms with Crippen LogP contribution in [-0.4, -0.2) is 308 Å². The Bertz CT molecular complexity index is 3330. The number of amides is 10. The number of rotatable bonds is 27. The second-order valence-electron chi connectivity index (χ2n) is 26.9. The lowest BCUT2D eigenvalue weighted by atomic mass is 10.0. The SMILES string of the molecule is CCCCCC(=O)N=C1CSCc2cc(CSCCNC(=O)CN3CCN(CC(=O)O)CCN(CC(=O)O)CCN(CC(=O)O)CC3)cc(c2)CSC[C@@H](C(=O)NCCC(N)=O)NC(=O)[C@H](Cc2ccccc2)NC(=O)[C@H](CCC(N)=O)NC(=O)[C@H]([C@@H](C)O)NC(=O)[C@@H]2CCCN2C(O)[C@@H]2CCCN2C1=O. The van der Waals surface area contributed by atoms with Gasteiger partial charge in [-0.25, -0.2) is 4.99 Å². The van der Waals surface area contributed by atoms with Crippen LogP contribution in [0, 0.1) is 0 Å². The summed E-state index contributed by atoms with van der Waals surface area (Å²) in [5, 5.41) is 68.5. The summed E-state index contributed by atoms with van der Waals surface area (Å²) < 4.78 is 0. The van der Waals surface area contributed by atoms with Gasteiger partial charge in [-0.1, -0.05) is 68.3 Å². The quantitative estimate of drug-likeness (QED) is 0.0436. The molecular formula is C70H105N15O18S3. The van der Waals surface area contributed by atoms with E-state index in [0.717, 1.165) is 29.5 Å². The van der Waals surface area contributed by atoms with Crippen molar-refractivity contribution in [3.05, 3.63) is 70.8 Å². The lowest BCUT2D eigenvalue weighted by Gasteiger charge is -2.37. The van der Waals surface area contributed by atoms with Gasteiger partial charge >= 0.3 is 17.9 Å². The van der Waals surface area contributed by atoms with Crippen LogP contribution in [0.2, 0.25) is 0 Å². The fourth-order valence-electron chi connectivity index (χ4n) is 12.8. The third-order valence-corrected chi connectivity index (χ3v) is 21.5. The van der Waals surface area contributed by atoms with E-state index < -0.39 is 132 Å². The Labute approximate surface area is 630 Å². The molecule has 1 unspecified atom stereocenters. The highest BCUT2D eigenvalue weighted by atomic mass is 32.2. The molecular weight excluding hydrogens is 1440 g/mol. The van der Waals surface area contributed by atoms with E-state index >= 15 is 0 Å². The van der Waals surface area contributed by atoms with Crippen molar-refractivity contribution in [2.24, 2.45) is 16.5 Å². The van der Waals surface area contributed by atoms with Crippen LogP contribution in [0.3, 0.4) is 0 Å². The number of aliphatic carboxylic acids is 3. The number of aliphatic hydroxyl groups is 2. The number of carboxylic acids is 3. The van der Waals surface area contributed by atoms with Crippen LogP contribution in [-0.2, 0) is 86.0 Å². The van der Waals surface area contributed by atoms with Gasteiger partial charge in [-0.2, -0.15) is 35.3 Å². The topological polar surface area (TPSA) is 479 Å². The summed E-state index contributed by atoms with van der Waals surface area (Å²) in [6.45, 7) is 4.51. The first-order valence-corrected chi connectivity index (χ1v) is 39.4. The molecule has 0 radical (unpaired) electrons. The number of hydrogen-bond donors (Lipinski definition) is 13. The number of nitrogens with two attached hydrogens (primary N) is 2. The van der Waals surface area contributed by atoms with Gasteiger partial charge in [0.05, 0.1) is 44.4 Å². The monoisotopic (exact) mass is 1540 g/mol. The fourth-order valence-corrected chi connectivity index (χ4v) is 15.5. The van der Waals surface area contributed by atoms with Crippen LogP contribution in [0.1, 0.15) is 107 Å². The van der Waals surface area contributed by atoms with Crippen molar-refractivity contribution < 1.29 is 87.9 Å². The minimum absolute atomic E-state index is 0.0226. The maximum Gasteiger partial charge on any atom is 0.317 e. The zero-order valence-corrected chi connectivity index (χ0v) is 62.8. The van der Waals surface area contributed by atoms with Crippen molar-refractivity contribution in [3.63, 3.8) is 0 Å². The highest BCUT2D eigenvalue weighted by Crippen LogP contribution is 2.30. The fraction of sp³-hybridized carbons (Fsp3) is 0.629. The molecule has 4 aliphatic heterocycles. The molecule has 586 valence electrons. The van der Waals surface area contributed by atoms with E-state index in [1.54, 1.807) is 45.0 Å². The highest BCUT2D eigenvalue weighted by molar-refractivity contribution is 7.99. The minimum atomic E-state index is -1.70. The van der Waals surface area contributed by atoms with Gasteiger partial charge in [-0.3, -0.25) is 86.8 Å². The number of unbranched alkanes of at least 4 members (excludes halogenated alkanes) is 2. The normalized spacial score (nSPS) is 23.4. The Hall–Kier alpha value is -7.81. The number of primary amides is 2. The van der Waals surface area contributed by atoms with Gasteiger partial charge in [0, 0.05) is 139 Å². The molecule has 0 saturated carbocycles. The van der Waals surface area contributed by atoms with Crippen LogP contribution in [0.25, 0.3) is 0 Å². The van der Waals surface area contributed by atoms with E-state index in [1.165, 1.54) is 52.0 Å². The second kappa shape index (κ2) is 45.8. The largest absolute Gasteiger partial charge is 0.480 e. The van der Waals surface area contributed by atoms with Crippen LogP contribution in [0.15, 0.2) is 53.5 Å². The van der Waals surface area contributed by atoms with E-state index in [9.17, 15) is 87.9 Å². The lowest BCUT2D eigenvalue weighted by Crippen LogP contribution is -2.62. The molecule has 3 saturated heterocycles. The zero-order valence-electron chi connectivity index (χ0n) is 60.3. The molecule has 3 fully saturated rings. The molecule has 2 aromatic carbocycles. The zero-order chi connectivity index (χ0) is 77.2. The molecule has 15 N–H and O–H groups in total. The van der Waals surface area contributed by atoms with Gasteiger partial charge < -0.3 is 73.8 Å². The Morgan fingerprint density at radius 2 is 1.21 bits per heavy atom. The number of aliphatic hydroxyl groups excluding tert-OH is 2. The van der Waals surface area contributed by atoms with E-state index in [2.05, 4.69) is 36.9 Å².